The largest absolute Gasteiger partial charge is 0.494 e. The van der Waals surface area contributed by atoms with Crippen LogP contribution in [0.3, 0.4) is 0 Å². The molecule has 0 unspecified atom stereocenters. The van der Waals surface area contributed by atoms with Crippen LogP contribution in [0.5, 0.6) is 5.75 Å². The predicted octanol–water partition coefficient (Wildman–Crippen LogP) is 10.5. The quantitative estimate of drug-likeness (QED) is 0.120. The van der Waals surface area contributed by atoms with E-state index in [2.05, 4.69) is 40.8 Å². The van der Waals surface area contributed by atoms with Crippen molar-refractivity contribution in [1.82, 2.24) is 0 Å². The van der Waals surface area contributed by atoms with Gasteiger partial charge in [0, 0.05) is 23.6 Å². The zero-order chi connectivity index (χ0) is 29.3. The van der Waals surface area contributed by atoms with Gasteiger partial charge in [0.2, 0.25) is 0 Å². The van der Waals surface area contributed by atoms with E-state index in [-0.39, 0.29) is 6.09 Å². The maximum Gasteiger partial charge on any atom is 0.412 e. The van der Waals surface area contributed by atoms with Gasteiger partial charge in [0.15, 0.2) is 0 Å². The first-order valence-electron chi connectivity index (χ1n) is 16.9. The number of anilines is 1. The summed E-state index contributed by atoms with van der Waals surface area (Å²) in [5.41, 5.74) is 2.93. The molecule has 0 saturated heterocycles. The fraction of sp³-hybridized carbons (Fsp3) is 0.611. The minimum atomic E-state index is -0.546. The van der Waals surface area contributed by atoms with Gasteiger partial charge in [0.25, 0.3) is 0 Å². The van der Waals surface area contributed by atoms with E-state index in [4.69, 9.17) is 13.8 Å². The predicted molar refractivity (Wildman–Crippen MR) is 174 cm³/mol. The number of amides is 1. The lowest BCUT2D eigenvalue weighted by Crippen LogP contribution is -2.51. The van der Waals surface area contributed by atoms with Crippen LogP contribution < -0.4 is 10.1 Å². The molecule has 6 nitrogen and oxygen atoms in total. The van der Waals surface area contributed by atoms with E-state index in [0.29, 0.717) is 18.4 Å². The molecule has 1 N–H and O–H groups in total. The number of carbonyl (C=O) groups is 1. The zero-order valence-corrected chi connectivity index (χ0v) is 26.4. The third kappa shape index (κ3) is 7.35. The summed E-state index contributed by atoms with van der Waals surface area (Å²) in [7, 11) is 0. The number of benzene rings is 2. The second-order valence-corrected chi connectivity index (χ2v) is 13.8. The fourth-order valence-corrected chi connectivity index (χ4v) is 8.57. The highest BCUT2D eigenvalue weighted by Gasteiger charge is 2.53. The van der Waals surface area contributed by atoms with E-state index in [1.165, 1.54) is 88.2 Å². The molecule has 1 aliphatic heterocycles. The van der Waals surface area contributed by atoms with Crippen LogP contribution in [0.15, 0.2) is 52.5 Å². The number of nitrogens with zero attached hydrogens (tertiary/aromatic N) is 1. The third-order valence-electron chi connectivity index (χ3n) is 10.3. The summed E-state index contributed by atoms with van der Waals surface area (Å²) < 4.78 is 18.1. The molecule has 2 aromatic rings. The Labute approximate surface area is 261 Å². The molecule has 2 aromatic carbocycles. The highest BCUT2D eigenvalue weighted by molar-refractivity contribution is 7.94. The average molecular weight is 605 g/mol. The minimum Gasteiger partial charge on any atom is -0.494 e. The van der Waals surface area contributed by atoms with Crippen molar-refractivity contribution >= 4 is 30.0 Å². The second kappa shape index (κ2) is 14.9. The van der Waals surface area contributed by atoms with Crippen molar-refractivity contribution in [1.29, 1.82) is 0 Å². The molecule has 1 amide bonds. The molecule has 0 spiro atoms. The van der Waals surface area contributed by atoms with Gasteiger partial charge in [0.05, 0.1) is 17.2 Å². The van der Waals surface area contributed by atoms with Gasteiger partial charge in [-0.3, -0.25) is 5.32 Å². The first kappa shape index (κ1) is 30.4. The molecule has 0 atom stereocenters. The minimum absolute atomic E-state index is 0.298. The zero-order valence-electron chi connectivity index (χ0n) is 25.6. The lowest BCUT2D eigenvalue weighted by molar-refractivity contribution is -0.104. The Kier molecular flexibility index (Phi) is 10.5. The molecule has 3 saturated carbocycles. The molecule has 7 heteroatoms. The molecule has 1 heterocycles. The summed E-state index contributed by atoms with van der Waals surface area (Å²) >= 11 is 1.30. The number of rotatable bonds is 11. The Morgan fingerprint density at radius 2 is 1.51 bits per heavy atom. The number of hydrogen-bond acceptors (Lipinski definition) is 6. The van der Waals surface area contributed by atoms with Crippen molar-refractivity contribution < 1.29 is 18.6 Å². The first-order chi connectivity index (χ1) is 21.2. The summed E-state index contributed by atoms with van der Waals surface area (Å²) in [6.45, 7) is 0.591. The number of ether oxygens (including phenoxy) is 2. The summed E-state index contributed by atoms with van der Waals surface area (Å²) in [6.07, 6.45) is 21.8. The van der Waals surface area contributed by atoms with Crippen LogP contribution in [-0.4, -0.2) is 18.9 Å². The lowest BCUT2D eigenvalue weighted by Gasteiger charge is -2.50. The standard InChI is InChI=1S/C36H48N2O4S/c39-35-38-34-23-20-31(26-33(34)36(41-35,29-14-6-2-7-15-29)30-16-8-3-9-17-30)40-25-11-10-24-37-42-43-32-21-18-28(19-22-32)27-12-4-1-5-13-27/h18-24,26-27,29-30H,1-17,25H2,(H,38,39). The van der Waals surface area contributed by atoms with Crippen LogP contribution in [0.4, 0.5) is 10.5 Å². The van der Waals surface area contributed by atoms with E-state index in [1.807, 2.05) is 18.3 Å². The van der Waals surface area contributed by atoms with Crippen molar-refractivity contribution in [3.63, 3.8) is 0 Å². The number of fused-ring (bicyclic) bond motifs is 1. The van der Waals surface area contributed by atoms with Crippen molar-refractivity contribution in [3.05, 3.63) is 53.6 Å². The monoisotopic (exact) mass is 604 g/mol. The van der Waals surface area contributed by atoms with Gasteiger partial charge in [-0.1, -0.05) is 75.1 Å². The van der Waals surface area contributed by atoms with E-state index in [1.54, 1.807) is 0 Å². The molecular formula is C36H48N2O4S. The Morgan fingerprint density at radius 1 is 0.860 bits per heavy atom. The smallest absolute Gasteiger partial charge is 0.412 e. The molecule has 232 valence electrons. The van der Waals surface area contributed by atoms with Crippen molar-refractivity contribution in [2.24, 2.45) is 17.0 Å². The number of hydrogen-bond donors (Lipinski definition) is 1. The van der Waals surface area contributed by atoms with Gasteiger partial charge < -0.3 is 13.8 Å². The normalized spacial score (nSPS) is 21.6. The lowest BCUT2D eigenvalue weighted by atomic mass is 9.62. The molecule has 4 aliphatic rings. The first-order valence-corrected chi connectivity index (χ1v) is 17.7. The van der Waals surface area contributed by atoms with E-state index in [9.17, 15) is 4.79 Å². The van der Waals surface area contributed by atoms with Gasteiger partial charge >= 0.3 is 6.09 Å². The van der Waals surface area contributed by atoms with Crippen LogP contribution in [-0.2, 0) is 14.6 Å². The van der Waals surface area contributed by atoms with Crippen molar-refractivity contribution in [2.75, 3.05) is 11.9 Å². The third-order valence-corrected chi connectivity index (χ3v) is 10.9. The van der Waals surface area contributed by atoms with Crippen molar-refractivity contribution in [3.8, 4) is 5.75 Å². The molecular weight excluding hydrogens is 556 g/mol. The average Bonchev–Trinajstić information content (AvgIpc) is 3.07. The maximum absolute atomic E-state index is 12.9. The number of cyclic esters (lactones) is 1. The molecule has 0 aromatic heterocycles. The molecule has 6 rings (SSSR count). The van der Waals surface area contributed by atoms with Crippen LogP contribution in [0.2, 0.25) is 0 Å². The molecule has 3 fully saturated rings. The van der Waals surface area contributed by atoms with E-state index in [0.717, 1.165) is 66.3 Å². The van der Waals surface area contributed by atoms with Gasteiger partial charge in [-0.15, -0.1) is 0 Å². The highest BCUT2D eigenvalue weighted by Crippen LogP contribution is 2.55. The molecule has 43 heavy (non-hydrogen) atoms. The van der Waals surface area contributed by atoms with Gasteiger partial charge in [-0.25, -0.2) is 4.79 Å². The van der Waals surface area contributed by atoms with E-state index >= 15 is 0 Å². The molecule has 0 bridgehead atoms. The Morgan fingerprint density at radius 3 is 2.19 bits per heavy atom. The van der Waals surface area contributed by atoms with Crippen LogP contribution in [0.1, 0.15) is 126 Å². The Balaban J connectivity index is 1.01. The summed E-state index contributed by atoms with van der Waals surface area (Å²) in [4.78, 5) is 14.0. The van der Waals surface area contributed by atoms with E-state index < -0.39 is 5.60 Å². The summed E-state index contributed by atoms with van der Waals surface area (Å²) in [6, 6.07) is 14.9. The number of unbranched alkanes of at least 4 members (excludes halogenated alkanes) is 1. The van der Waals surface area contributed by atoms with Crippen LogP contribution in [0.25, 0.3) is 0 Å². The second-order valence-electron chi connectivity index (χ2n) is 13.0. The molecule has 0 radical (unpaired) electrons. The SMILES string of the molecule is O=C1Nc2ccc(OCCCC=NOSc3ccc(C4CCCCC4)cc3)cc2C(C2CCCCC2)(C2CCCCC2)O1. The maximum atomic E-state index is 12.9. The fourth-order valence-electron chi connectivity index (χ4n) is 8.14. The highest BCUT2D eigenvalue weighted by atomic mass is 32.2. The van der Waals surface area contributed by atoms with Crippen LogP contribution in [0, 0.1) is 11.8 Å². The topological polar surface area (TPSA) is 69.2 Å². The molecule has 3 aliphatic carbocycles. The van der Waals surface area contributed by atoms with Gasteiger partial charge in [-0.2, -0.15) is 0 Å². The number of oxime groups is 1. The van der Waals surface area contributed by atoms with Crippen molar-refractivity contribution in [2.45, 2.75) is 126 Å². The number of nitrogens with one attached hydrogen (secondary N) is 1. The summed E-state index contributed by atoms with van der Waals surface area (Å²) in [5, 5.41) is 7.13. The van der Waals surface area contributed by atoms with Crippen LogP contribution >= 0.6 is 12.0 Å². The Hall–Kier alpha value is -2.67. The number of carbonyl (C=O) groups excluding carboxylic acids is 1. The van der Waals surface area contributed by atoms with Gasteiger partial charge in [0.1, 0.15) is 23.4 Å². The summed E-state index contributed by atoms with van der Waals surface area (Å²) in [5.74, 6) is 2.30. The van der Waals surface area contributed by atoms with Gasteiger partial charge in [-0.05, 0) is 93.2 Å². The Bertz CT molecular complexity index is 1200.